The number of rotatable bonds is 3. The van der Waals surface area contributed by atoms with Gasteiger partial charge in [0.05, 0.1) is 6.10 Å². The third kappa shape index (κ3) is 4.14. The van der Waals surface area contributed by atoms with Crippen LogP contribution in [0.2, 0.25) is 0 Å². The van der Waals surface area contributed by atoms with Crippen molar-refractivity contribution >= 4 is 6.09 Å². The largest absolute Gasteiger partial charge is 0.465 e. The highest BCUT2D eigenvalue weighted by Gasteiger charge is 2.08. The second kappa shape index (κ2) is 4.11. The molecule has 0 radical (unpaired) electrons. The van der Waals surface area contributed by atoms with Gasteiger partial charge in [0, 0.05) is 6.54 Å². The van der Waals surface area contributed by atoms with Crippen LogP contribution in [0.25, 0.3) is 0 Å². The summed E-state index contributed by atoms with van der Waals surface area (Å²) < 4.78 is 0. The minimum atomic E-state index is -1.05. The average molecular weight is 147 g/mol. The van der Waals surface area contributed by atoms with Gasteiger partial charge in [0.2, 0.25) is 0 Å². The molecule has 0 fully saturated rings. The number of hydrogen-bond acceptors (Lipinski definition) is 2. The van der Waals surface area contributed by atoms with Crippen molar-refractivity contribution in [1.29, 1.82) is 0 Å². The Balaban J connectivity index is 3.39. The maximum Gasteiger partial charge on any atom is 0.404 e. The van der Waals surface area contributed by atoms with Gasteiger partial charge in [-0.3, -0.25) is 0 Å². The molecule has 4 nitrogen and oxygen atoms in total. The Labute approximate surface area is 59.9 Å². The first-order valence-corrected chi connectivity index (χ1v) is 3.19. The predicted molar refractivity (Wildman–Crippen MR) is 36.9 cm³/mol. The molecule has 1 amide bonds. The molecule has 2 atom stereocenters. The van der Waals surface area contributed by atoms with E-state index in [9.17, 15) is 4.79 Å². The maximum atomic E-state index is 9.93. The zero-order valence-corrected chi connectivity index (χ0v) is 6.16. The molecule has 0 aromatic heterocycles. The molecule has 0 saturated carbocycles. The van der Waals surface area contributed by atoms with Crippen LogP contribution >= 0.6 is 0 Å². The molecular weight excluding hydrogens is 134 g/mol. The molecular formula is C6H13NO3. The standard InChI is InChI=1S/C6H13NO3/c1-4(5(2)8)3-7-6(9)10/h4-5,7-8H,3H2,1-2H3,(H,9,10). The van der Waals surface area contributed by atoms with Crippen LogP contribution in [0.1, 0.15) is 13.8 Å². The summed E-state index contributed by atoms with van der Waals surface area (Å²) in [6, 6.07) is 0. The normalized spacial score (nSPS) is 15.9. The highest BCUT2D eigenvalue weighted by atomic mass is 16.4. The Morgan fingerprint density at radius 1 is 1.60 bits per heavy atom. The van der Waals surface area contributed by atoms with E-state index in [4.69, 9.17) is 10.2 Å². The van der Waals surface area contributed by atoms with Crippen molar-refractivity contribution in [2.75, 3.05) is 6.54 Å². The van der Waals surface area contributed by atoms with Crippen LogP contribution in [0.5, 0.6) is 0 Å². The van der Waals surface area contributed by atoms with Crippen molar-refractivity contribution in [3.63, 3.8) is 0 Å². The van der Waals surface area contributed by atoms with Crippen molar-refractivity contribution in [3.8, 4) is 0 Å². The quantitative estimate of drug-likeness (QED) is 0.536. The molecule has 0 spiro atoms. The van der Waals surface area contributed by atoms with Crippen molar-refractivity contribution in [2.24, 2.45) is 5.92 Å². The number of carbonyl (C=O) groups is 1. The molecule has 0 heterocycles. The van der Waals surface area contributed by atoms with E-state index in [0.717, 1.165) is 0 Å². The molecule has 4 heteroatoms. The van der Waals surface area contributed by atoms with E-state index in [1.54, 1.807) is 13.8 Å². The van der Waals surface area contributed by atoms with Crippen molar-refractivity contribution in [3.05, 3.63) is 0 Å². The van der Waals surface area contributed by atoms with E-state index in [1.165, 1.54) is 0 Å². The smallest absolute Gasteiger partial charge is 0.404 e. The number of carboxylic acid groups (broad SMARTS) is 1. The summed E-state index contributed by atoms with van der Waals surface area (Å²) in [4.78, 5) is 9.93. The minimum absolute atomic E-state index is 0.0314. The summed E-state index contributed by atoms with van der Waals surface area (Å²) in [5.41, 5.74) is 0. The summed E-state index contributed by atoms with van der Waals surface area (Å²) >= 11 is 0. The van der Waals surface area contributed by atoms with Crippen LogP contribution in [-0.2, 0) is 0 Å². The Morgan fingerprint density at radius 3 is 2.40 bits per heavy atom. The molecule has 0 aromatic rings. The third-order valence-corrected chi connectivity index (χ3v) is 1.40. The zero-order chi connectivity index (χ0) is 8.15. The molecule has 0 aliphatic heterocycles. The summed E-state index contributed by atoms with van der Waals surface area (Å²) in [5, 5.41) is 19.2. The number of aliphatic hydroxyl groups excluding tert-OH is 1. The van der Waals surface area contributed by atoms with E-state index in [0.29, 0.717) is 6.54 Å². The SMILES string of the molecule is CC(O)C(C)CNC(=O)O. The first-order valence-electron chi connectivity index (χ1n) is 3.19. The van der Waals surface area contributed by atoms with Gasteiger partial charge < -0.3 is 15.5 Å². The van der Waals surface area contributed by atoms with Gasteiger partial charge in [-0.2, -0.15) is 0 Å². The fourth-order valence-corrected chi connectivity index (χ4v) is 0.419. The van der Waals surface area contributed by atoms with Crippen LogP contribution < -0.4 is 5.32 Å². The minimum Gasteiger partial charge on any atom is -0.465 e. The fraction of sp³-hybridized carbons (Fsp3) is 0.833. The van der Waals surface area contributed by atoms with Gasteiger partial charge >= 0.3 is 6.09 Å². The molecule has 0 aromatic carbocycles. The lowest BCUT2D eigenvalue weighted by molar-refractivity contribution is 0.131. The summed E-state index contributed by atoms with van der Waals surface area (Å²) in [6.45, 7) is 3.71. The Kier molecular flexibility index (Phi) is 3.79. The molecule has 0 bridgehead atoms. The Bertz CT molecular complexity index is 114. The third-order valence-electron chi connectivity index (χ3n) is 1.40. The molecule has 0 aliphatic rings. The second-order valence-electron chi connectivity index (χ2n) is 2.40. The number of aliphatic hydroxyl groups is 1. The molecule has 60 valence electrons. The van der Waals surface area contributed by atoms with Crippen LogP contribution in [0.4, 0.5) is 4.79 Å². The van der Waals surface area contributed by atoms with Crippen molar-refractivity contribution in [1.82, 2.24) is 5.32 Å². The summed E-state index contributed by atoms with van der Waals surface area (Å²) in [7, 11) is 0. The summed E-state index contributed by atoms with van der Waals surface area (Å²) in [5.74, 6) is -0.0314. The van der Waals surface area contributed by atoms with Crippen molar-refractivity contribution < 1.29 is 15.0 Å². The molecule has 0 saturated heterocycles. The number of hydrogen-bond donors (Lipinski definition) is 3. The molecule has 2 unspecified atom stereocenters. The average Bonchev–Trinajstić information content (AvgIpc) is 1.82. The predicted octanol–water partition coefficient (Wildman–Crippen LogP) is 0.271. The van der Waals surface area contributed by atoms with Gasteiger partial charge in [-0.05, 0) is 12.8 Å². The molecule has 0 aliphatic carbocycles. The van der Waals surface area contributed by atoms with Gasteiger partial charge in [-0.1, -0.05) is 6.92 Å². The van der Waals surface area contributed by atoms with Crippen molar-refractivity contribution in [2.45, 2.75) is 20.0 Å². The molecule has 3 N–H and O–H groups in total. The van der Waals surface area contributed by atoms with Gasteiger partial charge in [-0.15, -0.1) is 0 Å². The highest BCUT2D eigenvalue weighted by molar-refractivity contribution is 5.64. The highest BCUT2D eigenvalue weighted by Crippen LogP contribution is 1.98. The molecule has 10 heavy (non-hydrogen) atoms. The van der Waals surface area contributed by atoms with E-state index in [1.807, 2.05) is 0 Å². The van der Waals surface area contributed by atoms with Gasteiger partial charge in [-0.25, -0.2) is 4.79 Å². The summed E-state index contributed by atoms with van der Waals surface area (Å²) in [6.07, 6.45) is -1.51. The van der Waals surface area contributed by atoms with Crippen LogP contribution in [0.3, 0.4) is 0 Å². The van der Waals surface area contributed by atoms with E-state index < -0.39 is 12.2 Å². The van der Waals surface area contributed by atoms with Gasteiger partial charge in [0.15, 0.2) is 0 Å². The second-order valence-corrected chi connectivity index (χ2v) is 2.40. The lowest BCUT2D eigenvalue weighted by Gasteiger charge is -2.13. The van der Waals surface area contributed by atoms with E-state index in [2.05, 4.69) is 5.32 Å². The topological polar surface area (TPSA) is 69.6 Å². The van der Waals surface area contributed by atoms with E-state index in [-0.39, 0.29) is 5.92 Å². The van der Waals surface area contributed by atoms with Crippen LogP contribution in [-0.4, -0.2) is 29.0 Å². The zero-order valence-electron chi connectivity index (χ0n) is 6.16. The van der Waals surface area contributed by atoms with Crippen LogP contribution in [0.15, 0.2) is 0 Å². The first-order chi connectivity index (χ1) is 4.54. The number of amides is 1. The number of nitrogens with one attached hydrogen (secondary N) is 1. The monoisotopic (exact) mass is 147 g/mol. The molecule has 0 rings (SSSR count). The van der Waals surface area contributed by atoms with E-state index >= 15 is 0 Å². The fourth-order valence-electron chi connectivity index (χ4n) is 0.419. The van der Waals surface area contributed by atoms with Crippen LogP contribution in [0, 0.1) is 5.92 Å². The maximum absolute atomic E-state index is 9.93. The van der Waals surface area contributed by atoms with Gasteiger partial charge in [0.1, 0.15) is 0 Å². The Morgan fingerprint density at radius 2 is 2.10 bits per heavy atom. The lowest BCUT2D eigenvalue weighted by atomic mass is 10.1. The Hall–Kier alpha value is -0.770. The van der Waals surface area contributed by atoms with Gasteiger partial charge in [0.25, 0.3) is 0 Å². The first kappa shape index (κ1) is 9.23. The lowest BCUT2D eigenvalue weighted by Crippen LogP contribution is -2.31.